The molecule has 0 aliphatic heterocycles. The summed E-state index contributed by atoms with van der Waals surface area (Å²) in [5.41, 5.74) is 1.31. The number of aryl methyl sites for hydroxylation is 1. The van der Waals surface area contributed by atoms with Crippen molar-refractivity contribution in [3.63, 3.8) is 0 Å². The van der Waals surface area contributed by atoms with Gasteiger partial charge < -0.3 is 4.74 Å². The van der Waals surface area contributed by atoms with Crippen LogP contribution in [0.4, 0.5) is 19.0 Å². The maximum atomic E-state index is 14.1. The third kappa shape index (κ3) is 5.67. The van der Waals surface area contributed by atoms with Gasteiger partial charge in [-0.3, -0.25) is 14.4 Å². The van der Waals surface area contributed by atoms with E-state index in [1.165, 1.54) is 18.2 Å². The molecule has 0 aliphatic rings. The number of anilines is 1. The summed E-state index contributed by atoms with van der Waals surface area (Å²) in [5, 5.41) is 4.02. The highest BCUT2D eigenvalue weighted by molar-refractivity contribution is 7.92. The first-order valence-corrected chi connectivity index (χ1v) is 12.2. The summed E-state index contributed by atoms with van der Waals surface area (Å²) < 4.78 is 75.9. The molecule has 35 heavy (non-hydrogen) atoms. The van der Waals surface area contributed by atoms with Crippen molar-refractivity contribution in [2.75, 3.05) is 10.5 Å². The quantitative estimate of drug-likeness (QED) is 0.380. The minimum atomic E-state index is -4.86. The number of sulfonamides is 1. The molecule has 4 aromatic rings. The van der Waals surface area contributed by atoms with E-state index >= 15 is 0 Å². The van der Waals surface area contributed by atoms with Crippen molar-refractivity contribution in [1.82, 2.24) is 24.7 Å². The van der Waals surface area contributed by atoms with Crippen molar-refractivity contribution in [3.05, 3.63) is 60.6 Å². The van der Waals surface area contributed by atoms with Crippen molar-refractivity contribution in [2.45, 2.75) is 25.6 Å². The third-order valence-electron chi connectivity index (χ3n) is 4.88. The number of alkyl halides is 3. The van der Waals surface area contributed by atoms with E-state index in [0.717, 1.165) is 6.20 Å². The van der Waals surface area contributed by atoms with Gasteiger partial charge in [0.2, 0.25) is 21.9 Å². The van der Waals surface area contributed by atoms with Crippen LogP contribution in [-0.2, 0) is 17.1 Å². The molecule has 3 aromatic heterocycles. The Labute approximate surface area is 199 Å². The topological polar surface area (TPSA) is 112 Å². The summed E-state index contributed by atoms with van der Waals surface area (Å²) in [5.74, 6) is -1.27. The fourth-order valence-electron chi connectivity index (χ4n) is 3.32. The second kappa shape index (κ2) is 9.49. The molecule has 1 aromatic carbocycles. The summed E-state index contributed by atoms with van der Waals surface area (Å²) >= 11 is 0. The van der Waals surface area contributed by atoms with E-state index < -0.39 is 34.0 Å². The Morgan fingerprint density at radius 1 is 1.09 bits per heavy atom. The van der Waals surface area contributed by atoms with Crippen molar-refractivity contribution in [3.8, 4) is 17.1 Å². The zero-order valence-electron chi connectivity index (χ0n) is 18.7. The van der Waals surface area contributed by atoms with Crippen molar-refractivity contribution < 1.29 is 26.3 Å². The van der Waals surface area contributed by atoms with Crippen molar-refractivity contribution in [2.24, 2.45) is 7.05 Å². The van der Waals surface area contributed by atoms with Gasteiger partial charge >= 0.3 is 6.18 Å². The number of pyridine rings is 1. The van der Waals surface area contributed by atoms with Crippen LogP contribution < -0.4 is 9.46 Å². The predicted molar refractivity (Wildman–Crippen MR) is 123 cm³/mol. The number of ether oxygens (including phenoxy) is 1. The van der Waals surface area contributed by atoms with Crippen LogP contribution in [0, 0.1) is 0 Å². The van der Waals surface area contributed by atoms with E-state index in [9.17, 15) is 21.6 Å². The van der Waals surface area contributed by atoms with Crippen LogP contribution in [0.3, 0.4) is 0 Å². The Hall–Kier alpha value is -3.74. The molecule has 0 aliphatic carbocycles. The summed E-state index contributed by atoms with van der Waals surface area (Å²) in [6.45, 7) is 1.66. The number of halogens is 3. The molecule has 184 valence electrons. The Morgan fingerprint density at radius 3 is 2.37 bits per heavy atom. The molecule has 0 radical (unpaired) electrons. The van der Waals surface area contributed by atoms with Crippen LogP contribution in [-0.4, -0.2) is 45.1 Å². The number of hydrogen-bond donors (Lipinski definition) is 1. The van der Waals surface area contributed by atoms with E-state index in [2.05, 4.69) is 24.8 Å². The second-order valence-electron chi connectivity index (χ2n) is 7.71. The lowest BCUT2D eigenvalue weighted by Crippen LogP contribution is -2.27. The largest absolute Gasteiger partial charge is 0.457 e. The normalized spacial score (nSPS) is 13.1. The van der Waals surface area contributed by atoms with Gasteiger partial charge in [-0.25, -0.2) is 18.4 Å². The van der Waals surface area contributed by atoms with Gasteiger partial charge in [0.05, 0.1) is 28.7 Å². The number of rotatable bonds is 8. The fourth-order valence-corrected chi connectivity index (χ4v) is 4.39. The summed E-state index contributed by atoms with van der Waals surface area (Å²) in [6, 6.07) is 9.03. The standard InChI is InChI=1S/C22H21F3N6O3S/c1-3-10-35(32,33)30-20-21(29-18-7-5-4-6-17(18)28-20)34-19(22(23,24)25)14-8-9-16(26-11-14)15-12-27-31(2)13-15/h4-9,11-13,19H,3,10H2,1-2H3,(H,28,30). The van der Waals surface area contributed by atoms with Crippen molar-refractivity contribution in [1.29, 1.82) is 0 Å². The molecule has 0 saturated carbocycles. The van der Waals surface area contributed by atoms with Gasteiger partial charge in [-0.05, 0) is 24.6 Å². The van der Waals surface area contributed by atoms with E-state index in [4.69, 9.17) is 4.74 Å². The molecule has 13 heteroatoms. The van der Waals surface area contributed by atoms with Gasteiger partial charge in [0.15, 0.2) is 0 Å². The molecule has 0 saturated heterocycles. The van der Waals surface area contributed by atoms with E-state index in [0.29, 0.717) is 23.2 Å². The maximum absolute atomic E-state index is 14.1. The van der Waals surface area contributed by atoms with Crippen LogP contribution in [0.25, 0.3) is 22.3 Å². The average molecular weight is 507 g/mol. The molecule has 0 amide bonds. The highest BCUT2D eigenvalue weighted by Crippen LogP contribution is 2.38. The first kappa shape index (κ1) is 24.4. The monoisotopic (exact) mass is 506 g/mol. The van der Waals surface area contributed by atoms with Gasteiger partial charge in [0.25, 0.3) is 5.88 Å². The average Bonchev–Trinajstić information content (AvgIpc) is 3.23. The molecule has 0 fully saturated rings. The van der Waals surface area contributed by atoms with Crippen LogP contribution in [0.5, 0.6) is 5.88 Å². The number of para-hydroxylation sites is 2. The number of nitrogens with one attached hydrogen (secondary N) is 1. The van der Waals surface area contributed by atoms with Crippen molar-refractivity contribution >= 4 is 26.9 Å². The van der Waals surface area contributed by atoms with Crippen LogP contribution >= 0.6 is 0 Å². The minimum absolute atomic E-state index is 0.243. The smallest absolute Gasteiger partial charge is 0.429 e. The molecule has 1 atom stereocenters. The molecular weight excluding hydrogens is 485 g/mol. The lowest BCUT2D eigenvalue weighted by atomic mass is 10.1. The molecule has 4 rings (SSSR count). The summed E-state index contributed by atoms with van der Waals surface area (Å²) in [7, 11) is -2.17. The van der Waals surface area contributed by atoms with Gasteiger partial charge in [0, 0.05) is 30.6 Å². The molecule has 0 spiro atoms. The SMILES string of the molecule is CCCS(=O)(=O)Nc1nc2ccccc2nc1OC(c1ccc(-c2cnn(C)c2)nc1)C(F)(F)F. The lowest BCUT2D eigenvalue weighted by molar-refractivity contribution is -0.198. The van der Waals surface area contributed by atoms with Crippen LogP contribution in [0.2, 0.25) is 0 Å². The number of hydrogen-bond acceptors (Lipinski definition) is 7. The first-order chi connectivity index (χ1) is 16.6. The molecule has 1 unspecified atom stereocenters. The highest BCUT2D eigenvalue weighted by atomic mass is 32.2. The van der Waals surface area contributed by atoms with Gasteiger partial charge in [-0.15, -0.1) is 0 Å². The van der Waals surface area contributed by atoms with Crippen LogP contribution in [0.15, 0.2) is 55.0 Å². The zero-order chi connectivity index (χ0) is 25.2. The molecule has 1 N–H and O–H groups in total. The zero-order valence-corrected chi connectivity index (χ0v) is 19.5. The van der Waals surface area contributed by atoms with E-state index in [-0.39, 0.29) is 16.8 Å². The van der Waals surface area contributed by atoms with E-state index in [1.54, 1.807) is 49.2 Å². The number of aromatic nitrogens is 5. The molecule has 3 heterocycles. The Balaban J connectivity index is 1.73. The van der Waals surface area contributed by atoms with Crippen LogP contribution in [0.1, 0.15) is 25.0 Å². The van der Waals surface area contributed by atoms with E-state index in [1.807, 2.05) is 0 Å². The number of nitrogens with zero attached hydrogens (tertiary/aromatic N) is 5. The maximum Gasteiger partial charge on any atom is 0.429 e. The first-order valence-electron chi connectivity index (χ1n) is 10.5. The Kier molecular flexibility index (Phi) is 6.61. The number of benzene rings is 1. The predicted octanol–water partition coefficient (Wildman–Crippen LogP) is 4.26. The molecule has 0 bridgehead atoms. The second-order valence-corrected chi connectivity index (χ2v) is 9.55. The highest BCUT2D eigenvalue weighted by Gasteiger charge is 2.44. The summed E-state index contributed by atoms with van der Waals surface area (Å²) in [6.07, 6.45) is -2.76. The van der Waals surface area contributed by atoms with Gasteiger partial charge in [0.1, 0.15) is 0 Å². The third-order valence-corrected chi connectivity index (χ3v) is 6.33. The summed E-state index contributed by atoms with van der Waals surface area (Å²) in [4.78, 5) is 12.4. The number of fused-ring (bicyclic) bond motifs is 1. The Morgan fingerprint density at radius 2 is 1.80 bits per heavy atom. The fraction of sp³-hybridized carbons (Fsp3) is 0.273. The molecular formula is C22H21F3N6O3S. The lowest BCUT2D eigenvalue weighted by Gasteiger charge is -2.23. The van der Waals surface area contributed by atoms with Gasteiger partial charge in [-0.2, -0.15) is 18.3 Å². The molecule has 9 nitrogen and oxygen atoms in total. The minimum Gasteiger partial charge on any atom is -0.457 e. The Bertz CT molecular complexity index is 1440. The van der Waals surface area contributed by atoms with Gasteiger partial charge in [-0.1, -0.05) is 25.1 Å².